The maximum atomic E-state index is 11.1. The van der Waals surface area contributed by atoms with Crippen LogP contribution >= 0.6 is 0 Å². The van der Waals surface area contributed by atoms with E-state index in [0.29, 0.717) is 5.75 Å². The van der Waals surface area contributed by atoms with Gasteiger partial charge in [0.15, 0.2) is 6.10 Å². The molecule has 0 aliphatic carbocycles. The molecule has 0 spiro atoms. The topological polar surface area (TPSA) is 95.9 Å². The van der Waals surface area contributed by atoms with Crippen molar-refractivity contribution in [3.05, 3.63) is 30.3 Å². The predicted molar refractivity (Wildman–Crippen MR) is 54.1 cm³/mol. The summed E-state index contributed by atoms with van der Waals surface area (Å²) in [4.78, 5) is 21.3. The Bertz CT molecular complexity index is 365. The molecular weight excluding hydrogens is 214 g/mol. The number of nitrogens with one attached hydrogen (secondary N) is 1. The normalized spacial score (nSPS) is 11.6. The Kier molecular flexibility index (Phi) is 4.28. The van der Waals surface area contributed by atoms with Crippen molar-refractivity contribution in [3.63, 3.8) is 0 Å². The molecule has 0 aromatic heterocycles. The van der Waals surface area contributed by atoms with Gasteiger partial charge in [-0.15, -0.1) is 0 Å². The van der Waals surface area contributed by atoms with Crippen molar-refractivity contribution in [2.24, 2.45) is 0 Å². The van der Waals surface area contributed by atoms with E-state index in [2.05, 4.69) is 5.32 Å². The van der Waals surface area contributed by atoms with E-state index >= 15 is 0 Å². The zero-order chi connectivity index (χ0) is 12.0. The van der Waals surface area contributed by atoms with Crippen LogP contribution in [0, 0.1) is 0 Å². The molecule has 0 radical (unpaired) electrons. The van der Waals surface area contributed by atoms with Gasteiger partial charge in [0.05, 0.1) is 6.54 Å². The largest absolute Gasteiger partial charge is 0.479 e. The van der Waals surface area contributed by atoms with Crippen molar-refractivity contribution in [3.8, 4) is 5.75 Å². The van der Waals surface area contributed by atoms with Gasteiger partial charge in [0, 0.05) is 0 Å². The average molecular weight is 225 g/mol. The fourth-order valence-electron chi connectivity index (χ4n) is 0.899. The average Bonchev–Trinajstić information content (AvgIpc) is 2.27. The molecule has 0 bridgehead atoms. The third-order valence-electron chi connectivity index (χ3n) is 1.68. The first-order valence-corrected chi connectivity index (χ1v) is 4.51. The maximum Gasteiger partial charge on any atom is 0.412 e. The van der Waals surface area contributed by atoms with Gasteiger partial charge in [-0.2, -0.15) is 0 Å². The van der Waals surface area contributed by atoms with Gasteiger partial charge in [0.2, 0.25) is 0 Å². The van der Waals surface area contributed by atoms with Crippen LogP contribution < -0.4 is 10.1 Å². The first kappa shape index (κ1) is 12.0. The number of benzene rings is 1. The van der Waals surface area contributed by atoms with Crippen molar-refractivity contribution >= 4 is 12.1 Å². The van der Waals surface area contributed by atoms with Crippen LogP contribution in [0.1, 0.15) is 0 Å². The molecule has 1 aromatic rings. The summed E-state index contributed by atoms with van der Waals surface area (Å²) in [6.07, 6.45) is -2.45. The fourth-order valence-corrected chi connectivity index (χ4v) is 0.899. The number of hydrogen-bond acceptors (Lipinski definition) is 4. The first-order valence-electron chi connectivity index (χ1n) is 4.51. The monoisotopic (exact) mass is 225 g/mol. The lowest BCUT2D eigenvalue weighted by Crippen LogP contribution is -2.37. The highest BCUT2D eigenvalue weighted by Crippen LogP contribution is 2.07. The van der Waals surface area contributed by atoms with E-state index in [1.807, 2.05) is 0 Å². The van der Waals surface area contributed by atoms with Gasteiger partial charge >= 0.3 is 12.1 Å². The Morgan fingerprint density at radius 2 is 1.94 bits per heavy atom. The van der Waals surface area contributed by atoms with Gasteiger partial charge < -0.3 is 20.3 Å². The molecule has 6 nitrogen and oxygen atoms in total. The van der Waals surface area contributed by atoms with E-state index in [-0.39, 0.29) is 0 Å². The van der Waals surface area contributed by atoms with Crippen LogP contribution in [0.2, 0.25) is 0 Å². The van der Waals surface area contributed by atoms with Gasteiger partial charge in [0.25, 0.3) is 0 Å². The number of hydrogen-bond donors (Lipinski definition) is 3. The lowest BCUT2D eigenvalue weighted by Gasteiger charge is -2.08. The minimum atomic E-state index is -1.64. The maximum absolute atomic E-state index is 11.1. The smallest absolute Gasteiger partial charge is 0.412 e. The van der Waals surface area contributed by atoms with Crippen molar-refractivity contribution in [2.75, 3.05) is 6.54 Å². The summed E-state index contributed by atoms with van der Waals surface area (Å²) in [5, 5.41) is 19.3. The van der Waals surface area contributed by atoms with Crippen molar-refractivity contribution < 1.29 is 24.5 Å². The second kappa shape index (κ2) is 5.72. The molecule has 0 saturated heterocycles. The summed E-state index contributed by atoms with van der Waals surface area (Å²) in [7, 11) is 0. The molecule has 0 unspecified atom stereocenters. The molecule has 1 atom stereocenters. The van der Waals surface area contributed by atoms with E-state index < -0.39 is 24.7 Å². The quantitative estimate of drug-likeness (QED) is 0.681. The zero-order valence-electron chi connectivity index (χ0n) is 8.29. The van der Waals surface area contributed by atoms with Gasteiger partial charge in [-0.3, -0.25) is 0 Å². The molecule has 1 amide bonds. The molecule has 1 aromatic carbocycles. The second-order valence-corrected chi connectivity index (χ2v) is 2.94. The predicted octanol–water partition coefficient (Wildman–Crippen LogP) is 0.220. The van der Waals surface area contributed by atoms with Crippen molar-refractivity contribution in [1.82, 2.24) is 5.32 Å². The van der Waals surface area contributed by atoms with Gasteiger partial charge in [-0.25, -0.2) is 9.59 Å². The third kappa shape index (κ3) is 3.97. The summed E-state index contributed by atoms with van der Waals surface area (Å²) in [5.74, 6) is -1.06. The SMILES string of the molecule is O=C(NC[C@H](O)C(=O)O)Oc1ccccc1. The minimum Gasteiger partial charge on any atom is -0.479 e. The summed E-state index contributed by atoms with van der Waals surface area (Å²) >= 11 is 0. The molecule has 3 N–H and O–H groups in total. The number of carbonyl (C=O) groups is 2. The number of ether oxygens (including phenoxy) is 1. The van der Waals surface area contributed by atoms with E-state index in [9.17, 15) is 9.59 Å². The number of aliphatic hydroxyl groups excluding tert-OH is 1. The molecule has 0 fully saturated rings. The van der Waals surface area contributed by atoms with E-state index in [0.717, 1.165) is 0 Å². The van der Waals surface area contributed by atoms with Crippen LogP contribution in [0.15, 0.2) is 30.3 Å². The lowest BCUT2D eigenvalue weighted by atomic mass is 10.3. The van der Waals surface area contributed by atoms with Gasteiger partial charge in [0.1, 0.15) is 5.75 Å². The molecular formula is C10H11NO5. The number of para-hydroxylation sites is 1. The van der Waals surface area contributed by atoms with Crippen molar-refractivity contribution in [1.29, 1.82) is 0 Å². The van der Waals surface area contributed by atoms with Gasteiger partial charge in [-0.05, 0) is 12.1 Å². The third-order valence-corrected chi connectivity index (χ3v) is 1.68. The highest BCUT2D eigenvalue weighted by atomic mass is 16.6. The summed E-state index contributed by atoms with van der Waals surface area (Å²) in [6, 6.07) is 8.29. The van der Waals surface area contributed by atoms with E-state index in [1.165, 1.54) is 0 Å². The van der Waals surface area contributed by atoms with Gasteiger partial charge in [-0.1, -0.05) is 18.2 Å². The molecule has 0 aliphatic heterocycles. The van der Waals surface area contributed by atoms with Crippen LogP contribution in [-0.2, 0) is 4.79 Å². The molecule has 0 saturated carbocycles. The number of aliphatic carboxylic acids is 1. The van der Waals surface area contributed by atoms with E-state index in [1.54, 1.807) is 30.3 Å². The van der Waals surface area contributed by atoms with Crippen LogP contribution in [0.4, 0.5) is 4.79 Å². The molecule has 86 valence electrons. The summed E-state index contributed by atoms with van der Waals surface area (Å²) < 4.78 is 4.79. The van der Waals surface area contributed by atoms with Crippen LogP contribution in [-0.4, -0.2) is 34.9 Å². The molecule has 1 rings (SSSR count). The zero-order valence-corrected chi connectivity index (χ0v) is 8.29. The number of carboxylic acid groups (broad SMARTS) is 1. The fraction of sp³-hybridized carbons (Fsp3) is 0.200. The highest BCUT2D eigenvalue weighted by molar-refractivity contribution is 5.74. The van der Waals surface area contributed by atoms with Crippen molar-refractivity contribution in [2.45, 2.75) is 6.10 Å². The molecule has 16 heavy (non-hydrogen) atoms. The highest BCUT2D eigenvalue weighted by Gasteiger charge is 2.14. The number of amides is 1. The number of aliphatic hydroxyl groups is 1. The van der Waals surface area contributed by atoms with Crippen LogP contribution in [0.25, 0.3) is 0 Å². The Morgan fingerprint density at radius 3 is 2.50 bits per heavy atom. The number of carbonyl (C=O) groups excluding carboxylic acids is 1. The Hall–Kier alpha value is -2.08. The second-order valence-electron chi connectivity index (χ2n) is 2.94. The van der Waals surface area contributed by atoms with Crippen LogP contribution in [0.3, 0.4) is 0 Å². The Labute approximate surface area is 91.5 Å². The number of carboxylic acids is 1. The Balaban J connectivity index is 2.35. The summed E-state index contributed by atoms with van der Waals surface area (Å²) in [6.45, 7) is -0.402. The molecule has 0 heterocycles. The van der Waals surface area contributed by atoms with Crippen LogP contribution in [0.5, 0.6) is 5.75 Å². The lowest BCUT2D eigenvalue weighted by molar-refractivity contribution is -0.146. The Morgan fingerprint density at radius 1 is 1.31 bits per heavy atom. The molecule has 0 aliphatic rings. The standard InChI is InChI=1S/C10H11NO5/c12-8(9(13)14)6-11-10(15)16-7-4-2-1-3-5-7/h1-5,8,12H,6H2,(H,11,15)(H,13,14)/t8-/m0/s1. The molecule has 6 heteroatoms. The summed E-state index contributed by atoms with van der Waals surface area (Å²) in [5.41, 5.74) is 0. The van der Waals surface area contributed by atoms with E-state index in [4.69, 9.17) is 14.9 Å². The minimum absolute atomic E-state index is 0.338. The first-order chi connectivity index (χ1) is 7.59. The number of rotatable bonds is 4.